The number of ether oxygens (including phenoxy) is 4. The van der Waals surface area contributed by atoms with Gasteiger partial charge in [-0.2, -0.15) is 0 Å². The number of hydrogen-bond donors (Lipinski definition) is 4. The molecule has 0 spiro atoms. The molecule has 6 aliphatic rings. The molecule has 0 heterocycles. The Morgan fingerprint density at radius 1 is 0.472 bits per heavy atom. The van der Waals surface area contributed by atoms with Gasteiger partial charge < -0.3 is 39.4 Å². The average molecular weight is 975 g/mol. The molecule has 4 aromatic carbocycles. The Kier molecular flexibility index (Phi) is 15.4. The molecule has 0 saturated heterocycles. The van der Waals surface area contributed by atoms with Gasteiger partial charge in [-0.3, -0.25) is 0 Å². The van der Waals surface area contributed by atoms with Crippen molar-refractivity contribution in [1.29, 1.82) is 0 Å². The Balaban J connectivity index is 0.544. The average Bonchev–Trinajstić information content (AvgIpc) is 3.82. The normalized spacial score (nSPS) is 30.7. The fourth-order valence-electron chi connectivity index (χ4n) is 14.8. The molecule has 0 amide bonds. The smallest absolute Gasteiger partial charge is 0.131 e. The third kappa shape index (κ3) is 10.4. The van der Waals surface area contributed by atoms with Gasteiger partial charge in [0.15, 0.2) is 0 Å². The number of phenols is 2. The van der Waals surface area contributed by atoms with E-state index in [9.17, 15) is 20.4 Å². The fraction of sp³-hybridized carbons (Fsp3) is 0.562. The van der Waals surface area contributed by atoms with Crippen LogP contribution >= 0.6 is 0 Å². The van der Waals surface area contributed by atoms with Gasteiger partial charge in [0.25, 0.3) is 0 Å². The zero-order valence-corrected chi connectivity index (χ0v) is 42.9. The predicted octanol–water partition coefficient (Wildman–Crippen LogP) is 12.2. The number of unbranched alkanes of at least 4 members (excludes halogenated alkanes) is 3. The summed E-state index contributed by atoms with van der Waals surface area (Å²) in [5.74, 6) is 18.9. The summed E-state index contributed by atoms with van der Waals surface area (Å²) in [6, 6.07) is 27.8. The van der Waals surface area contributed by atoms with Crippen molar-refractivity contribution in [2.24, 2.45) is 34.5 Å². The molecule has 0 radical (unpaired) electrons. The van der Waals surface area contributed by atoms with E-state index in [1.807, 2.05) is 72.8 Å². The molecule has 10 atom stereocenters. The summed E-state index contributed by atoms with van der Waals surface area (Å²) in [5, 5.41) is 44.2. The van der Waals surface area contributed by atoms with Crippen molar-refractivity contribution < 1.29 is 39.4 Å². The maximum atomic E-state index is 12.0. The van der Waals surface area contributed by atoms with Gasteiger partial charge in [-0.05, 0) is 246 Å². The van der Waals surface area contributed by atoms with Gasteiger partial charge in [0.1, 0.15) is 34.2 Å². The van der Waals surface area contributed by atoms with Crippen LogP contribution < -0.4 is 9.47 Å². The van der Waals surface area contributed by atoms with Crippen LogP contribution in [0.25, 0.3) is 0 Å². The van der Waals surface area contributed by atoms with Gasteiger partial charge in [-0.15, -0.1) is 0 Å². The van der Waals surface area contributed by atoms with Crippen molar-refractivity contribution in [3.8, 4) is 46.7 Å². The van der Waals surface area contributed by atoms with E-state index in [2.05, 4.69) is 49.7 Å². The molecule has 6 aliphatic carbocycles. The number of benzene rings is 4. The SMILES string of the molecule is C[C@]12CC[C@@H]3c4ccc(O)cc4CC[C@H]3[C@@H]1CC[C@@]2(O)C#Cc1ccc(OCCCCOCCCCOCCCCOc2ccc(C#C[C@]3(O)CC[C@H]4[C@@H]5CCc6cc(O)ccc6[C@H]5CC[C@@]43C)cc2)cc1. The summed E-state index contributed by atoms with van der Waals surface area (Å²) < 4.78 is 23.8. The first kappa shape index (κ1) is 50.6. The molecule has 382 valence electrons. The van der Waals surface area contributed by atoms with Crippen molar-refractivity contribution in [3.05, 3.63) is 118 Å². The highest BCUT2D eigenvalue weighted by Crippen LogP contribution is 2.65. The van der Waals surface area contributed by atoms with Gasteiger partial charge in [-0.1, -0.05) is 49.7 Å². The highest BCUT2D eigenvalue weighted by Gasteiger charge is 2.62. The summed E-state index contributed by atoms with van der Waals surface area (Å²) in [6.07, 6.45) is 17.5. The number of phenolic OH excluding ortho intramolecular Hbond substituents is 2. The van der Waals surface area contributed by atoms with E-state index in [1.165, 1.54) is 22.3 Å². The second-order valence-corrected chi connectivity index (χ2v) is 22.9. The standard InChI is InChI=1S/C64H78O8/c1-61-31-27-55-53-23-15-49(65)43-47(53)13-21-57(55)59(61)29-35-63(61,67)33-25-45-9-17-51(18-10-45)71-41-7-5-39-69-37-3-4-38-70-40-6-8-42-72-52-19-11-46(12-20-52)26-34-64(68)36-30-60-58-22-14-48-44-50(66)16-24-54(48)56(58)28-32-62(60,64)2/h9-12,15-20,23-24,43-44,55-60,65-68H,3-8,13-14,21-22,27-32,35-42H2,1-2H3/t55-,56-,57-,58-,59+,60+,61+,62+,63+,64+/m1/s1. The molecule has 4 N–H and O–H groups in total. The third-order valence-corrected chi connectivity index (χ3v) is 19.0. The first-order chi connectivity index (χ1) is 35.0. The largest absolute Gasteiger partial charge is 0.508 e. The second-order valence-electron chi connectivity index (χ2n) is 22.9. The van der Waals surface area contributed by atoms with Crippen LogP contribution in [0.2, 0.25) is 0 Å². The van der Waals surface area contributed by atoms with Crippen LogP contribution in [0.15, 0.2) is 84.9 Å². The van der Waals surface area contributed by atoms with Crippen molar-refractivity contribution in [3.63, 3.8) is 0 Å². The summed E-state index contributed by atoms with van der Waals surface area (Å²) in [6.45, 7) is 8.79. The molecule has 4 saturated carbocycles. The van der Waals surface area contributed by atoms with E-state index < -0.39 is 11.2 Å². The zero-order valence-electron chi connectivity index (χ0n) is 42.9. The van der Waals surface area contributed by atoms with E-state index in [1.54, 1.807) is 0 Å². The molecule has 10 rings (SSSR count). The minimum Gasteiger partial charge on any atom is -0.508 e. The van der Waals surface area contributed by atoms with Gasteiger partial charge >= 0.3 is 0 Å². The number of rotatable bonds is 17. The number of aliphatic hydroxyl groups is 2. The maximum Gasteiger partial charge on any atom is 0.131 e. The third-order valence-electron chi connectivity index (χ3n) is 19.0. The Morgan fingerprint density at radius 3 is 1.26 bits per heavy atom. The van der Waals surface area contributed by atoms with Crippen LogP contribution in [0.4, 0.5) is 0 Å². The van der Waals surface area contributed by atoms with Crippen LogP contribution in [-0.2, 0) is 22.3 Å². The predicted molar refractivity (Wildman–Crippen MR) is 282 cm³/mol. The molecule has 8 heteroatoms. The lowest BCUT2D eigenvalue weighted by Crippen LogP contribution is -2.50. The number of hydrogen-bond acceptors (Lipinski definition) is 8. The molecular weight excluding hydrogens is 897 g/mol. The highest BCUT2D eigenvalue weighted by molar-refractivity contribution is 5.45. The number of aryl methyl sites for hydroxylation is 2. The highest BCUT2D eigenvalue weighted by atomic mass is 16.5. The van der Waals surface area contributed by atoms with Crippen molar-refractivity contribution in [2.45, 2.75) is 152 Å². The monoisotopic (exact) mass is 975 g/mol. The Bertz CT molecular complexity index is 2440. The van der Waals surface area contributed by atoms with Crippen molar-refractivity contribution in [1.82, 2.24) is 0 Å². The van der Waals surface area contributed by atoms with Crippen molar-refractivity contribution in [2.75, 3.05) is 39.6 Å². The molecule has 0 bridgehead atoms. The number of aromatic hydroxyl groups is 2. The second kappa shape index (κ2) is 21.9. The summed E-state index contributed by atoms with van der Waals surface area (Å²) >= 11 is 0. The molecular formula is C64H78O8. The van der Waals surface area contributed by atoms with E-state index in [0.29, 0.717) is 60.2 Å². The van der Waals surface area contributed by atoms with E-state index >= 15 is 0 Å². The molecule has 72 heavy (non-hydrogen) atoms. The molecule has 0 aromatic heterocycles. The Hall–Kier alpha value is -4.96. The number of fused-ring (bicyclic) bond motifs is 10. The van der Waals surface area contributed by atoms with Crippen LogP contribution in [-0.4, -0.2) is 71.3 Å². The van der Waals surface area contributed by atoms with E-state index in [-0.39, 0.29) is 10.8 Å². The first-order valence-electron chi connectivity index (χ1n) is 27.7. The Labute approximate surface area is 429 Å². The lowest BCUT2D eigenvalue weighted by molar-refractivity contribution is -0.0648. The van der Waals surface area contributed by atoms with E-state index in [4.69, 9.17) is 18.9 Å². The maximum absolute atomic E-state index is 12.0. The summed E-state index contributed by atoms with van der Waals surface area (Å²) in [5.41, 5.74) is 4.82. The minimum absolute atomic E-state index is 0.213. The molecule has 0 aliphatic heterocycles. The minimum atomic E-state index is -0.986. The first-order valence-corrected chi connectivity index (χ1v) is 27.7. The topological polar surface area (TPSA) is 118 Å². The van der Waals surface area contributed by atoms with Crippen molar-refractivity contribution >= 4 is 0 Å². The summed E-state index contributed by atoms with van der Waals surface area (Å²) in [4.78, 5) is 0. The van der Waals surface area contributed by atoms with Gasteiger partial charge in [0, 0.05) is 48.4 Å². The van der Waals surface area contributed by atoms with Gasteiger partial charge in [0.05, 0.1) is 13.2 Å². The lowest BCUT2D eigenvalue weighted by atomic mass is 9.53. The van der Waals surface area contributed by atoms with Crippen LogP contribution in [0.3, 0.4) is 0 Å². The quantitative estimate of drug-likeness (QED) is 0.0610. The van der Waals surface area contributed by atoms with Crippen LogP contribution in [0, 0.1) is 58.2 Å². The molecule has 0 unspecified atom stereocenters. The lowest BCUT2D eigenvalue weighted by Gasteiger charge is -2.52. The summed E-state index contributed by atoms with van der Waals surface area (Å²) in [7, 11) is 0. The van der Waals surface area contributed by atoms with Gasteiger partial charge in [-0.25, -0.2) is 0 Å². The van der Waals surface area contributed by atoms with Crippen LogP contribution in [0.5, 0.6) is 23.0 Å². The Morgan fingerprint density at radius 2 is 0.861 bits per heavy atom. The van der Waals surface area contributed by atoms with Crippen LogP contribution in [0.1, 0.15) is 162 Å². The molecule has 4 fully saturated rings. The molecule has 8 nitrogen and oxygen atoms in total. The van der Waals surface area contributed by atoms with E-state index in [0.717, 1.165) is 165 Å². The fourth-order valence-corrected chi connectivity index (χ4v) is 14.8. The zero-order chi connectivity index (χ0) is 49.8. The van der Waals surface area contributed by atoms with Gasteiger partial charge in [0.2, 0.25) is 0 Å². The molecule has 4 aromatic rings.